The Morgan fingerprint density at radius 2 is 1.70 bits per heavy atom. The zero-order chi connectivity index (χ0) is 13.7. The average Bonchev–Trinajstić information content (AvgIpc) is 2.43. The standard InChI is InChI=1S/C17H22ClNO/c18-15-8-10(9-19)1-2-16(15)20-17-13-4-11-3-12(6-13)7-14(17)5-11/h1-2,8,11-14,17H,3-7,9,19H2. The van der Waals surface area contributed by atoms with E-state index in [4.69, 9.17) is 22.1 Å². The quantitative estimate of drug-likeness (QED) is 0.913. The molecule has 0 radical (unpaired) electrons. The molecule has 0 amide bonds. The highest BCUT2D eigenvalue weighted by molar-refractivity contribution is 6.32. The van der Waals surface area contributed by atoms with E-state index in [-0.39, 0.29) is 0 Å². The summed E-state index contributed by atoms with van der Waals surface area (Å²) >= 11 is 6.34. The number of nitrogens with two attached hydrogens (primary N) is 1. The Hall–Kier alpha value is -0.730. The van der Waals surface area contributed by atoms with E-state index in [0.717, 1.165) is 35.0 Å². The minimum absolute atomic E-state index is 0.393. The van der Waals surface area contributed by atoms with E-state index in [1.54, 1.807) is 0 Å². The highest BCUT2D eigenvalue weighted by atomic mass is 35.5. The first kappa shape index (κ1) is 13.0. The van der Waals surface area contributed by atoms with E-state index < -0.39 is 0 Å². The lowest BCUT2D eigenvalue weighted by Gasteiger charge is -2.53. The largest absolute Gasteiger partial charge is 0.488 e. The van der Waals surface area contributed by atoms with Crippen LogP contribution in [-0.4, -0.2) is 6.10 Å². The molecule has 108 valence electrons. The molecule has 4 bridgehead atoms. The predicted molar refractivity (Wildman–Crippen MR) is 80.8 cm³/mol. The van der Waals surface area contributed by atoms with Crippen molar-refractivity contribution in [3.8, 4) is 5.75 Å². The van der Waals surface area contributed by atoms with Crippen molar-refractivity contribution in [2.24, 2.45) is 29.4 Å². The van der Waals surface area contributed by atoms with Gasteiger partial charge in [0.05, 0.1) is 5.02 Å². The van der Waals surface area contributed by atoms with E-state index in [9.17, 15) is 0 Å². The Morgan fingerprint density at radius 1 is 1.05 bits per heavy atom. The first-order chi connectivity index (χ1) is 9.72. The lowest BCUT2D eigenvalue weighted by Crippen LogP contribution is -2.50. The molecular weight excluding hydrogens is 270 g/mol. The molecule has 4 aliphatic carbocycles. The minimum atomic E-state index is 0.393. The van der Waals surface area contributed by atoms with Crippen LogP contribution in [0.5, 0.6) is 5.75 Å². The summed E-state index contributed by atoms with van der Waals surface area (Å²) in [6, 6.07) is 5.96. The van der Waals surface area contributed by atoms with Gasteiger partial charge in [-0.15, -0.1) is 0 Å². The summed E-state index contributed by atoms with van der Waals surface area (Å²) in [5.74, 6) is 4.33. The molecule has 5 rings (SSSR count). The summed E-state index contributed by atoms with van der Waals surface area (Å²) in [4.78, 5) is 0. The van der Waals surface area contributed by atoms with Gasteiger partial charge in [0.2, 0.25) is 0 Å². The first-order valence-corrected chi connectivity index (χ1v) is 8.26. The molecule has 0 aromatic heterocycles. The summed E-state index contributed by atoms with van der Waals surface area (Å²) in [5.41, 5.74) is 6.71. The highest BCUT2D eigenvalue weighted by Crippen LogP contribution is 2.54. The van der Waals surface area contributed by atoms with E-state index in [0.29, 0.717) is 17.7 Å². The van der Waals surface area contributed by atoms with Gasteiger partial charge in [-0.05, 0) is 73.5 Å². The molecule has 2 nitrogen and oxygen atoms in total. The molecule has 4 saturated carbocycles. The summed E-state index contributed by atoms with van der Waals surface area (Å²) < 4.78 is 6.35. The van der Waals surface area contributed by atoms with Crippen LogP contribution in [0.4, 0.5) is 0 Å². The van der Waals surface area contributed by atoms with E-state index in [1.165, 1.54) is 32.1 Å². The Labute approximate surface area is 125 Å². The van der Waals surface area contributed by atoms with Crippen LogP contribution in [-0.2, 0) is 6.54 Å². The number of rotatable bonds is 3. The maximum atomic E-state index is 6.35. The van der Waals surface area contributed by atoms with Crippen molar-refractivity contribution in [3.05, 3.63) is 28.8 Å². The third-order valence-corrected chi connectivity index (χ3v) is 5.93. The lowest BCUT2D eigenvalue weighted by molar-refractivity contribution is -0.0789. The highest BCUT2D eigenvalue weighted by Gasteiger charge is 2.49. The second-order valence-corrected chi connectivity index (χ2v) is 7.39. The molecular formula is C17H22ClNO. The maximum Gasteiger partial charge on any atom is 0.138 e. The molecule has 0 atom stereocenters. The van der Waals surface area contributed by atoms with E-state index >= 15 is 0 Å². The van der Waals surface area contributed by atoms with E-state index in [2.05, 4.69) is 0 Å². The molecule has 4 fully saturated rings. The molecule has 0 spiro atoms. The van der Waals surface area contributed by atoms with Crippen molar-refractivity contribution in [1.29, 1.82) is 0 Å². The second-order valence-electron chi connectivity index (χ2n) is 6.98. The molecule has 20 heavy (non-hydrogen) atoms. The van der Waals surface area contributed by atoms with Gasteiger partial charge in [0, 0.05) is 6.54 Å². The molecule has 4 aliphatic rings. The van der Waals surface area contributed by atoms with Gasteiger partial charge in [0.15, 0.2) is 0 Å². The van der Waals surface area contributed by atoms with Crippen molar-refractivity contribution in [2.75, 3.05) is 0 Å². The lowest BCUT2D eigenvalue weighted by atomic mass is 9.55. The summed E-state index contributed by atoms with van der Waals surface area (Å²) in [5, 5.41) is 0.710. The first-order valence-electron chi connectivity index (χ1n) is 7.88. The monoisotopic (exact) mass is 291 g/mol. The third-order valence-electron chi connectivity index (χ3n) is 5.64. The van der Waals surface area contributed by atoms with Crippen molar-refractivity contribution in [1.82, 2.24) is 0 Å². The Morgan fingerprint density at radius 3 is 2.25 bits per heavy atom. The van der Waals surface area contributed by atoms with Gasteiger partial charge < -0.3 is 10.5 Å². The van der Waals surface area contributed by atoms with Crippen LogP contribution >= 0.6 is 11.6 Å². The predicted octanol–water partition coefficient (Wildman–Crippen LogP) is 4.00. The Balaban J connectivity index is 1.54. The zero-order valence-corrected chi connectivity index (χ0v) is 12.5. The number of hydrogen-bond donors (Lipinski definition) is 1. The minimum Gasteiger partial charge on any atom is -0.488 e. The van der Waals surface area contributed by atoms with Crippen LogP contribution in [0.15, 0.2) is 18.2 Å². The molecule has 0 aliphatic heterocycles. The van der Waals surface area contributed by atoms with Gasteiger partial charge in [-0.3, -0.25) is 0 Å². The SMILES string of the molecule is NCc1ccc(OC2C3CC4CC(C3)CC2C4)c(Cl)c1. The number of ether oxygens (including phenoxy) is 1. The average molecular weight is 292 g/mol. The molecule has 1 aromatic carbocycles. The zero-order valence-electron chi connectivity index (χ0n) is 11.7. The molecule has 0 heterocycles. The topological polar surface area (TPSA) is 35.2 Å². The van der Waals surface area contributed by atoms with Crippen molar-refractivity contribution < 1.29 is 4.74 Å². The van der Waals surface area contributed by atoms with Gasteiger partial charge in [0.1, 0.15) is 11.9 Å². The van der Waals surface area contributed by atoms with Crippen LogP contribution in [0, 0.1) is 23.7 Å². The maximum absolute atomic E-state index is 6.35. The van der Waals surface area contributed by atoms with Crippen molar-refractivity contribution >= 4 is 11.6 Å². The number of benzene rings is 1. The summed E-state index contributed by atoms with van der Waals surface area (Å²) in [7, 11) is 0. The van der Waals surface area contributed by atoms with E-state index in [1.807, 2.05) is 18.2 Å². The smallest absolute Gasteiger partial charge is 0.138 e. The fourth-order valence-electron chi connectivity index (χ4n) is 4.98. The van der Waals surface area contributed by atoms with Gasteiger partial charge in [-0.1, -0.05) is 17.7 Å². The van der Waals surface area contributed by atoms with Crippen molar-refractivity contribution in [3.63, 3.8) is 0 Å². The van der Waals surface area contributed by atoms with Gasteiger partial charge in [-0.25, -0.2) is 0 Å². The molecule has 0 saturated heterocycles. The van der Waals surface area contributed by atoms with Crippen LogP contribution in [0.1, 0.15) is 37.7 Å². The number of halogens is 1. The second kappa shape index (κ2) is 4.92. The summed E-state index contributed by atoms with van der Waals surface area (Å²) in [6.07, 6.45) is 7.36. The Kier molecular flexibility index (Phi) is 3.19. The fourth-order valence-corrected chi connectivity index (χ4v) is 5.23. The van der Waals surface area contributed by atoms with Crippen molar-refractivity contribution in [2.45, 2.75) is 44.8 Å². The van der Waals surface area contributed by atoms with Crippen LogP contribution in [0.25, 0.3) is 0 Å². The molecule has 0 unspecified atom stereocenters. The Bertz CT molecular complexity index is 488. The van der Waals surface area contributed by atoms with Crippen LogP contribution in [0.3, 0.4) is 0 Å². The molecule has 2 N–H and O–H groups in total. The van der Waals surface area contributed by atoms with Gasteiger partial charge in [-0.2, -0.15) is 0 Å². The van der Waals surface area contributed by atoms with Crippen LogP contribution < -0.4 is 10.5 Å². The molecule has 3 heteroatoms. The normalized spacial score (nSPS) is 38.2. The fraction of sp³-hybridized carbons (Fsp3) is 0.647. The van der Waals surface area contributed by atoms with Gasteiger partial charge in [0.25, 0.3) is 0 Å². The molecule has 1 aromatic rings. The third kappa shape index (κ3) is 2.14. The summed E-state index contributed by atoms with van der Waals surface area (Å²) in [6.45, 7) is 0.526. The van der Waals surface area contributed by atoms with Crippen LogP contribution in [0.2, 0.25) is 5.02 Å². The number of hydrogen-bond acceptors (Lipinski definition) is 2. The van der Waals surface area contributed by atoms with Gasteiger partial charge >= 0.3 is 0 Å².